The normalized spacial score (nSPS) is 10.8. The van der Waals surface area contributed by atoms with Crippen molar-refractivity contribution < 1.29 is 5.11 Å². The summed E-state index contributed by atoms with van der Waals surface area (Å²) in [5.74, 6) is 0. The molecule has 0 radical (unpaired) electrons. The second-order valence-electron chi connectivity index (χ2n) is 1.95. The molecule has 1 heteroatoms. The molecule has 0 fully saturated rings. The lowest BCUT2D eigenvalue weighted by molar-refractivity contribution is 0.300. The highest BCUT2D eigenvalue weighted by molar-refractivity contribution is 5.21. The number of aliphatic hydroxyl groups excluding tert-OH is 1. The smallest absolute Gasteiger partial charge is 0.0471 e. The number of rotatable bonds is 4. The lowest BCUT2D eigenvalue weighted by atomic mass is 10.2. The average Bonchev–Trinajstić information content (AvgIpc) is 2.15. The molecule has 0 saturated heterocycles. The van der Waals surface area contributed by atoms with Crippen molar-refractivity contribution in [2.24, 2.45) is 0 Å². The van der Waals surface area contributed by atoms with Gasteiger partial charge in [0, 0.05) is 6.61 Å². The summed E-state index contributed by atoms with van der Waals surface area (Å²) in [6, 6.07) is 0. The average molecular weight is 168 g/mol. The van der Waals surface area contributed by atoms with Gasteiger partial charge in [-0.1, -0.05) is 44.7 Å². The Morgan fingerprint density at radius 2 is 2.00 bits per heavy atom. The topological polar surface area (TPSA) is 20.2 Å². The van der Waals surface area contributed by atoms with Crippen LogP contribution in [0.3, 0.4) is 0 Å². The van der Waals surface area contributed by atoms with Crippen molar-refractivity contribution in [1.29, 1.82) is 0 Å². The van der Waals surface area contributed by atoms with Crippen molar-refractivity contribution >= 4 is 0 Å². The molecule has 0 aromatic rings. The minimum Gasteiger partial charge on any atom is -0.396 e. The first-order valence-electron chi connectivity index (χ1n) is 4.40. The van der Waals surface area contributed by atoms with Gasteiger partial charge in [0.2, 0.25) is 0 Å². The summed E-state index contributed by atoms with van der Waals surface area (Å²) in [4.78, 5) is 0. The molecule has 0 atom stereocenters. The summed E-state index contributed by atoms with van der Waals surface area (Å²) in [6.45, 7) is 9.76. The van der Waals surface area contributed by atoms with E-state index >= 15 is 0 Å². The van der Waals surface area contributed by atoms with E-state index in [1.165, 1.54) is 0 Å². The van der Waals surface area contributed by atoms with Crippen molar-refractivity contribution in [3.8, 4) is 0 Å². The quantitative estimate of drug-likeness (QED) is 0.639. The highest BCUT2D eigenvalue weighted by Crippen LogP contribution is 2.00. The van der Waals surface area contributed by atoms with Gasteiger partial charge in [0.1, 0.15) is 0 Å². The van der Waals surface area contributed by atoms with Gasteiger partial charge >= 0.3 is 0 Å². The first kappa shape index (κ1) is 13.7. The summed E-state index contributed by atoms with van der Waals surface area (Å²) < 4.78 is 0. The van der Waals surface area contributed by atoms with E-state index in [2.05, 4.69) is 6.58 Å². The fourth-order valence-electron chi connectivity index (χ4n) is 0.602. The van der Waals surface area contributed by atoms with E-state index in [0.29, 0.717) is 6.42 Å². The van der Waals surface area contributed by atoms with Crippen LogP contribution in [0.2, 0.25) is 0 Å². The summed E-state index contributed by atoms with van der Waals surface area (Å²) in [6.07, 6.45) is 8.28. The Morgan fingerprint density at radius 1 is 1.42 bits per heavy atom. The Morgan fingerprint density at radius 3 is 2.33 bits per heavy atom. The van der Waals surface area contributed by atoms with E-state index in [0.717, 1.165) is 5.57 Å². The summed E-state index contributed by atoms with van der Waals surface area (Å²) in [5, 5.41) is 8.55. The van der Waals surface area contributed by atoms with Crippen LogP contribution in [0.15, 0.2) is 36.5 Å². The molecule has 0 amide bonds. The molecule has 12 heavy (non-hydrogen) atoms. The lowest BCUT2D eigenvalue weighted by Crippen LogP contribution is -1.83. The molecule has 1 nitrogen and oxygen atoms in total. The van der Waals surface area contributed by atoms with Crippen LogP contribution in [0, 0.1) is 0 Å². The molecule has 0 saturated carbocycles. The maximum atomic E-state index is 8.55. The zero-order valence-corrected chi connectivity index (χ0v) is 8.38. The fraction of sp³-hybridized carbons (Fsp3) is 0.455. The van der Waals surface area contributed by atoms with Gasteiger partial charge in [0.05, 0.1) is 0 Å². The molecule has 0 heterocycles. The van der Waals surface area contributed by atoms with E-state index in [1.54, 1.807) is 6.08 Å². The van der Waals surface area contributed by atoms with Crippen LogP contribution in [-0.4, -0.2) is 11.7 Å². The molecule has 0 unspecified atom stereocenters. The van der Waals surface area contributed by atoms with E-state index in [9.17, 15) is 0 Å². The minimum atomic E-state index is 0.190. The summed E-state index contributed by atoms with van der Waals surface area (Å²) in [7, 11) is 0. The predicted molar refractivity (Wildman–Crippen MR) is 56.1 cm³/mol. The van der Waals surface area contributed by atoms with Gasteiger partial charge in [-0.25, -0.2) is 0 Å². The molecule has 0 bridgehead atoms. The minimum absolute atomic E-state index is 0.190. The Kier molecular flexibility index (Phi) is 14.7. The molecule has 0 spiro atoms. The van der Waals surface area contributed by atoms with Crippen molar-refractivity contribution in [3.05, 3.63) is 36.5 Å². The highest BCUT2D eigenvalue weighted by Gasteiger charge is 1.85. The van der Waals surface area contributed by atoms with Crippen molar-refractivity contribution in [2.45, 2.75) is 27.2 Å². The van der Waals surface area contributed by atoms with Crippen LogP contribution in [0.1, 0.15) is 27.2 Å². The fourth-order valence-corrected chi connectivity index (χ4v) is 0.602. The summed E-state index contributed by atoms with van der Waals surface area (Å²) in [5.41, 5.74) is 1.07. The Labute approximate surface area is 76.1 Å². The molecule has 1 N–H and O–H groups in total. The maximum absolute atomic E-state index is 8.55. The second-order valence-corrected chi connectivity index (χ2v) is 1.95. The molecule has 0 aliphatic rings. The number of hydrogen-bond acceptors (Lipinski definition) is 1. The van der Waals surface area contributed by atoms with Crippen molar-refractivity contribution in [2.75, 3.05) is 6.61 Å². The molecular formula is C11H20O. The zero-order valence-electron chi connectivity index (χ0n) is 8.38. The van der Waals surface area contributed by atoms with Crippen LogP contribution in [0.25, 0.3) is 0 Å². The van der Waals surface area contributed by atoms with Gasteiger partial charge in [0.25, 0.3) is 0 Å². The SMILES string of the molecule is C=C/C(=C\C=C/C)CCO.CC. The van der Waals surface area contributed by atoms with Crippen molar-refractivity contribution in [1.82, 2.24) is 0 Å². The second kappa shape index (κ2) is 12.8. The van der Waals surface area contributed by atoms with Crippen LogP contribution in [0.5, 0.6) is 0 Å². The van der Waals surface area contributed by atoms with E-state index in [4.69, 9.17) is 5.11 Å². The molecular weight excluding hydrogens is 148 g/mol. The molecule has 0 rings (SSSR count). The van der Waals surface area contributed by atoms with Crippen LogP contribution < -0.4 is 0 Å². The molecule has 0 aromatic heterocycles. The third-order valence-electron chi connectivity index (χ3n) is 1.17. The predicted octanol–water partition coefficient (Wildman–Crippen LogP) is 3.08. The van der Waals surface area contributed by atoms with Crippen molar-refractivity contribution in [3.63, 3.8) is 0 Å². The Bertz CT molecular complexity index is 143. The van der Waals surface area contributed by atoms with Gasteiger partial charge in [-0.15, -0.1) is 0 Å². The third-order valence-corrected chi connectivity index (χ3v) is 1.17. The van der Waals surface area contributed by atoms with E-state index < -0.39 is 0 Å². The van der Waals surface area contributed by atoms with Crippen LogP contribution in [0.4, 0.5) is 0 Å². The monoisotopic (exact) mass is 168 g/mol. The summed E-state index contributed by atoms with van der Waals surface area (Å²) >= 11 is 0. The maximum Gasteiger partial charge on any atom is 0.0471 e. The standard InChI is InChI=1S/C9H14O.C2H6/c1-3-5-6-9(4-2)7-8-10;1-2/h3-6,10H,2,7-8H2,1H3;1-2H3/b5-3-,9-6+;. The van der Waals surface area contributed by atoms with Crippen LogP contribution >= 0.6 is 0 Å². The van der Waals surface area contributed by atoms with Gasteiger partial charge in [-0.2, -0.15) is 0 Å². The number of hydrogen-bond donors (Lipinski definition) is 1. The number of allylic oxidation sites excluding steroid dienone is 4. The zero-order chi connectivity index (χ0) is 9.82. The molecule has 70 valence electrons. The molecule has 0 aromatic carbocycles. The van der Waals surface area contributed by atoms with Crippen LogP contribution in [-0.2, 0) is 0 Å². The first-order valence-corrected chi connectivity index (χ1v) is 4.40. The first-order chi connectivity index (χ1) is 5.85. The lowest BCUT2D eigenvalue weighted by Gasteiger charge is -1.93. The highest BCUT2D eigenvalue weighted by atomic mass is 16.2. The largest absolute Gasteiger partial charge is 0.396 e. The molecule has 0 aliphatic carbocycles. The third kappa shape index (κ3) is 9.18. The van der Waals surface area contributed by atoms with Gasteiger partial charge in [0.15, 0.2) is 0 Å². The van der Waals surface area contributed by atoms with E-state index in [-0.39, 0.29) is 6.61 Å². The molecule has 0 aliphatic heterocycles. The van der Waals surface area contributed by atoms with E-state index in [1.807, 2.05) is 39.0 Å². The number of aliphatic hydroxyl groups is 1. The Balaban J connectivity index is 0. The Hall–Kier alpha value is -0.820. The van der Waals surface area contributed by atoms with Gasteiger partial charge in [-0.3, -0.25) is 0 Å². The van der Waals surface area contributed by atoms with Gasteiger partial charge < -0.3 is 5.11 Å². The van der Waals surface area contributed by atoms with Gasteiger partial charge in [-0.05, 0) is 18.9 Å².